The molecule has 1 saturated carbocycles. The van der Waals surface area contributed by atoms with Crippen molar-refractivity contribution in [2.24, 2.45) is 17.8 Å². The first kappa shape index (κ1) is 20.4. The van der Waals surface area contributed by atoms with Gasteiger partial charge in [-0.15, -0.1) is 0 Å². The molecule has 2 aliphatic rings. The van der Waals surface area contributed by atoms with Gasteiger partial charge in [0.05, 0.1) is 6.61 Å². The minimum Gasteiger partial charge on any atom is -0.417 e. The Bertz CT molecular complexity index is 372. The van der Waals surface area contributed by atoms with Gasteiger partial charge in [-0.1, -0.05) is 34.1 Å². The normalized spacial score (nSPS) is 29.5. The van der Waals surface area contributed by atoms with Crippen LogP contribution in [0.15, 0.2) is 0 Å². The van der Waals surface area contributed by atoms with E-state index < -0.39 is 8.32 Å². The van der Waals surface area contributed by atoms with Crippen molar-refractivity contribution in [2.45, 2.75) is 90.6 Å². The van der Waals surface area contributed by atoms with Crippen LogP contribution in [0.4, 0.5) is 0 Å². The Balaban J connectivity index is 1.66. The summed E-state index contributed by atoms with van der Waals surface area (Å²) in [7, 11) is -1.59. The Hall–Kier alpha value is 0.0969. The monoisotopic (exact) mass is 356 g/mol. The highest BCUT2D eigenvalue weighted by molar-refractivity contribution is 6.74. The van der Waals surface area contributed by atoms with Crippen LogP contribution in [-0.4, -0.2) is 34.4 Å². The average Bonchev–Trinajstić information content (AvgIpc) is 3.29. The molecule has 1 heterocycles. The van der Waals surface area contributed by atoms with Crippen LogP contribution >= 0.6 is 0 Å². The van der Waals surface area contributed by atoms with E-state index in [9.17, 15) is 0 Å². The lowest BCUT2D eigenvalue weighted by molar-refractivity contribution is -0.164. The zero-order valence-electron chi connectivity index (χ0n) is 16.9. The molecule has 4 atom stereocenters. The van der Waals surface area contributed by atoms with Gasteiger partial charge in [0.15, 0.2) is 14.6 Å². The summed E-state index contributed by atoms with van der Waals surface area (Å²) in [6.45, 7) is 16.7. The van der Waals surface area contributed by atoms with Crippen molar-refractivity contribution in [1.29, 1.82) is 0 Å². The summed E-state index contributed by atoms with van der Waals surface area (Å²) in [5.41, 5.74) is 0. The zero-order chi connectivity index (χ0) is 17.8. The molecule has 0 aromatic heterocycles. The first-order valence-corrected chi connectivity index (χ1v) is 13.0. The van der Waals surface area contributed by atoms with Crippen molar-refractivity contribution in [3.63, 3.8) is 0 Å². The number of hydrogen-bond acceptors (Lipinski definition) is 3. The predicted molar refractivity (Wildman–Crippen MR) is 103 cm³/mol. The molecule has 1 saturated heterocycles. The summed E-state index contributed by atoms with van der Waals surface area (Å²) in [6.07, 6.45) is 7.37. The molecule has 1 aliphatic heterocycles. The van der Waals surface area contributed by atoms with Gasteiger partial charge in [-0.25, -0.2) is 0 Å². The van der Waals surface area contributed by atoms with Crippen LogP contribution in [-0.2, 0) is 13.9 Å². The molecule has 0 amide bonds. The quantitative estimate of drug-likeness (QED) is 0.503. The Labute approximate surface area is 151 Å². The second-order valence-corrected chi connectivity index (χ2v) is 14.2. The number of rotatable bonds is 9. The minimum atomic E-state index is -1.59. The average molecular weight is 357 g/mol. The van der Waals surface area contributed by atoms with Gasteiger partial charge in [-0.3, -0.25) is 0 Å². The molecule has 4 heteroatoms. The van der Waals surface area contributed by atoms with Crippen LogP contribution in [0.3, 0.4) is 0 Å². The van der Waals surface area contributed by atoms with E-state index in [4.69, 9.17) is 13.9 Å². The Morgan fingerprint density at radius 2 is 1.96 bits per heavy atom. The van der Waals surface area contributed by atoms with Crippen LogP contribution in [0.1, 0.15) is 66.2 Å². The van der Waals surface area contributed by atoms with Gasteiger partial charge in [0.25, 0.3) is 0 Å². The number of ether oxygens (including phenoxy) is 2. The van der Waals surface area contributed by atoms with Crippen LogP contribution in [0, 0.1) is 17.8 Å². The van der Waals surface area contributed by atoms with E-state index in [0.717, 1.165) is 44.0 Å². The molecule has 0 bridgehead atoms. The first-order chi connectivity index (χ1) is 11.2. The standard InChI is InChI=1S/C20H40O3Si/c1-7-16(11-13-22-19-10-8-9-12-21-19)18-14-17(18)15-23-24(5,6)20(2,3)4/h16-19H,7-15H2,1-6H3. The SMILES string of the molecule is CCC(CCOC1CCCCO1)C1CC1CO[Si](C)(C)C(C)(C)C. The lowest BCUT2D eigenvalue weighted by Gasteiger charge is -2.36. The van der Waals surface area contributed by atoms with E-state index in [1.807, 2.05) is 0 Å². The summed E-state index contributed by atoms with van der Waals surface area (Å²) < 4.78 is 18.0. The van der Waals surface area contributed by atoms with Crippen molar-refractivity contribution < 1.29 is 13.9 Å². The van der Waals surface area contributed by atoms with E-state index in [2.05, 4.69) is 40.8 Å². The highest BCUT2D eigenvalue weighted by Crippen LogP contribution is 2.48. The highest BCUT2D eigenvalue weighted by atomic mass is 28.4. The fraction of sp³-hybridized carbons (Fsp3) is 1.00. The second kappa shape index (κ2) is 8.66. The molecule has 0 aromatic carbocycles. The third kappa shape index (κ3) is 5.82. The lowest BCUT2D eigenvalue weighted by Crippen LogP contribution is -2.41. The van der Waals surface area contributed by atoms with Crippen LogP contribution in [0.5, 0.6) is 0 Å². The molecule has 1 aliphatic carbocycles. The summed E-state index contributed by atoms with van der Waals surface area (Å²) in [5.74, 6) is 2.44. The van der Waals surface area contributed by atoms with Crippen LogP contribution < -0.4 is 0 Å². The highest BCUT2D eigenvalue weighted by Gasteiger charge is 2.44. The predicted octanol–water partition coefficient (Wildman–Crippen LogP) is 5.60. The van der Waals surface area contributed by atoms with E-state index in [-0.39, 0.29) is 6.29 Å². The molecule has 0 N–H and O–H groups in total. The molecule has 0 aromatic rings. The van der Waals surface area contributed by atoms with Gasteiger partial charge >= 0.3 is 0 Å². The number of hydrogen-bond donors (Lipinski definition) is 0. The molecule has 3 nitrogen and oxygen atoms in total. The Kier molecular flexibility index (Phi) is 7.36. The first-order valence-electron chi connectivity index (χ1n) is 10.1. The summed E-state index contributed by atoms with van der Waals surface area (Å²) in [4.78, 5) is 0. The van der Waals surface area contributed by atoms with E-state index in [0.29, 0.717) is 5.04 Å². The minimum absolute atomic E-state index is 0.0631. The van der Waals surface area contributed by atoms with Crippen LogP contribution in [0.2, 0.25) is 18.1 Å². The zero-order valence-corrected chi connectivity index (χ0v) is 17.9. The fourth-order valence-electron chi connectivity index (χ4n) is 3.49. The summed E-state index contributed by atoms with van der Waals surface area (Å²) in [6, 6.07) is 0. The molecule has 24 heavy (non-hydrogen) atoms. The van der Waals surface area contributed by atoms with Gasteiger partial charge in [-0.2, -0.15) is 0 Å². The maximum Gasteiger partial charge on any atom is 0.191 e. The Morgan fingerprint density at radius 1 is 1.21 bits per heavy atom. The largest absolute Gasteiger partial charge is 0.417 e. The topological polar surface area (TPSA) is 27.7 Å². The molecule has 0 spiro atoms. The van der Waals surface area contributed by atoms with Crippen molar-refractivity contribution in [3.05, 3.63) is 0 Å². The van der Waals surface area contributed by atoms with Crippen molar-refractivity contribution >= 4 is 8.32 Å². The molecule has 0 radical (unpaired) electrons. The fourth-order valence-corrected chi connectivity index (χ4v) is 4.55. The van der Waals surface area contributed by atoms with Gasteiger partial charge in [0, 0.05) is 13.2 Å². The molecule has 2 fully saturated rings. The molecular formula is C20H40O3Si. The summed E-state index contributed by atoms with van der Waals surface area (Å²) >= 11 is 0. The van der Waals surface area contributed by atoms with Crippen molar-refractivity contribution in [2.75, 3.05) is 19.8 Å². The Morgan fingerprint density at radius 3 is 2.54 bits per heavy atom. The maximum atomic E-state index is 6.43. The third-order valence-corrected chi connectivity index (χ3v) is 11.0. The molecular weight excluding hydrogens is 316 g/mol. The van der Waals surface area contributed by atoms with Gasteiger partial charge < -0.3 is 13.9 Å². The van der Waals surface area contributed by atoms with Gasteiger partial charge in [-0.05, 0) is 68.0 Å². The van der Waals surface area contributed by atoms with E-state index in [1.165, 1.54) is 32.1 Å². The summed E-state index contributed by atoms with van der Waals surface area (Å²) in [5, 5.41) is 0.315. The third-order valence-electron chi connectivity index (χ3n) is 6.50. The maximum absolute atomic E-state index is 6.43. The van der Waals surface area contributed by atoms with E-state index in [1.54, 1.807) is 0 Å². The lowest BCUT2D eigenvalue weighted by atomic mass is 9.96. The molecule has 142 valence electrons. The molecule has 4 unspecified atom stereocenters. The van der Waals surface area contributed by atoms with Gasteiger partial charge in [0.1, 0.15) is 0 Å². The van der Waals surface area contributed by atoms with Crippen molar-refractivity contribution in [1.82, 2.24) is 0 Å². The molecule has 2 rings (SSSR count). The van der Waals surface area contributed by atoms with E-state index >= 15 is 0 Å². The van der Waals surface area contributed by atoms with Gasteiger partial charge in [0.2, 0.25) is 0 Å². The van der Waals surface area contributed by atoms with Crippen molar-refractivity contribution in [3.8, 4) is 0 Å². The second-order valence-electron chi connectivity index (χ2n) is 9.35. The smallest absolute Gasteiger partial charge is 0.191 e. The van der Waals surface area contributed by atoms with Crippen LogP contribution in [0.25, 0.3) is 0 Å².